The van der Waals surface area contributed by atoms with Crippen molar-refractivity contribution in [1.29, 1.82) is 0 Å². The summed E-state index contributed by atoms with van der Waals surface area (Å²) in [6, 6.07) is 15.3. The first-order chi connectivity index (χ1) is 12.2. The molecule has 0 fully saturated rings. The van der Waals surface area contributed by atoms with Crippen LogP contribution in [0.2, 0.25) is 0 Å². The number of rotatable bonds is 3. The van der Waals surface area contributed by atoms with E-state index in [1.165, 1.54) is 11.3 Å². The molecule has 0 aliphatic rings. The van der Waals surface area contributed by atoms with Gasteiger partial charge in [-0.1, -0.05) is 42.5 Å². The van der Waals surface area contributed by atoms with Gasteiger partial charge in [0.05, 0.1) is 11.4 Å². The van der Waals surface area contributed by atoms with Crippen molar-refractivity contribution in [3.8, 4) is 11.3 Å². The van der Waals surface area contributed by atoms with Crippen molar-refractivity contribution >= 4 is 28.4 Å². The maximum atomic E-state index is 12.7. The Labute approximate surface area is 148 Å². The first kappa shape index (κ1) is 15.5. The maximum Gasteiger partial charge on any atom is 0.259 e. The van der Waals surface area contributed by atoms with E-state index in [9.17, 15) is 4.79 Å². The van der Waals surface area contributed by atoms with Crippen molar-refractivity contribution in [2.75, 3.05) is 0 Å². The molecule has 122 valence electrons. The molecule has 0 N–H and O–H groups in total. The summed E-state index contributed by atoms with van der Waals surface area (Å²) in [6.45, 7) is 2.02. The van der Waals surface area contributed by atoms with Gasteiger partial charge in [0.1, 0.15) is 0 Å². The summed E-state index contributed by atoms with van der Waals surface area (Å²) < 4.78 is 1.69. The van der Waals surface area contributed by atoms with E-state index < -0.39 is 0 Å². The third-order valence-electron chi connectivity index (χ3n) is 3.89. The smallest absolute Gasteiger partial charge is 0.259 e. The summed E-state index contributed by atoms with van der Waals surface area (Å²) in [5, 5.41) is 0. The maximum absolute atomic E-state index is 12.7. The number of thiazole rings is 1. The minimum absolute atomic E-state index is 0.0703. The first-order valence-electron chi connectivity index (χ1n) is 7.89. The van der Waals surface area contributed by atoms with Crippen LogP contribution in [0.25, 0.3) is 28.4 Å². The Morgan fingerprint density at radius 2 is 1.92 bits per heavy atom. The lowest BCUT2D eigenvalue weighted by atomic mass is 10.1. The Balaban J connectivity index is 1.82. The number of aromatic nitrogens is 3. The molecule has 4 nitrogen and oxygen atoms in total. The Kier molecular flexibility index (Phi) is 3.99. The normalized spacial score (nSPS) is 11.4. The molecule has 3 aromatic heterocycles. The topological polar surface area (TPSA) is 47.3 Å². The highest BCUT2D eigenvalue weighted by Gasteiger charge is 2.13. The standard InChI is InChI=1S/C20H15N3OS/c1-14-19(16-7-3-2-4-8-16)23-18(24)12-17(22-20(23)25-14)10-9-15-6-5-11-21-13-15/h2-13H,1H3. The monoisotopic (exact) mass is 345 g/mol. The van der Waals surface area contributed by atoms with Gasteiger partial charge in [0.15, 0.2) is 4.96 Å². The molecular weight excluding hydrogens is 330 g/mol. The molecule has 0 saturated carbocycles. The lowest BCUT2D eigenvalue weighted by Gasteiger charge is -2.03. The van der Waals surface area contributed by atoms with Crippen LogP contribution in [0.3, 0.4) is 0 Å². The van der Waals surface area contributed by atoms with Crippen LogP contribution < -0.4 is 5.56 Å². The van der Waals surface area contributed by atoms with E-state index >= 15 is 0 Å². The Morgan fingerprint density at radius 1 is 1.08 bits per heavy atom. The zero-order valence-corrected chi connectivity index (χ0v) is 14.4. The molecule has 0 saturated heterocycles. The Hall–Kier alpha value is -3.05. The highest BCUT2D eigenvalue weighted by Crippen LogP contribution is 2.29. The van der Waals surface area contributed by atoms with Crippen LogP contribution in [-0.2, 0) is 0 Å². The third kappa shape index (κ3) is 3.02. The minimum atomic E-state index is -0.0703. The van der Waals surface area contributed by atoms with Crippen LogP contribution in [0.15, 0.2) is 65.7 Å². The van der Waals surface area contributed by atoms with Gasteiger partial charge in [0, 0.05) is 23.3 Å². The zero-order chi connectivity index (χ0) is 17.2. The van der Waals surface area contributed by atoms with Crippen LogP contribution in [-0.4, -0.2) is 14.4 Å². The molecule has 5 heteroatoms. The summed E-state index contributed by atoms with van der Waals surface area (Å²) in [5.74, 6) is 0. The second-order valence-corrected chi connectivity index (χ2v) is 6.81. The van der Waals surface area contributed by atoms with Gasteiger partial charge in [-0.15, -0.1) is 11.3 Å². The van der Waals surface area contributed by atoms with Gasteiger partial charge >= 0.3 is 0 Å². The van der Waals surface area contributed by atoms with Crippen molar-refractivity contribution in [1.82, 2.24) is 14.4 Å². The van der Waals surface area contributed by atoms with Crippen LogP contribution in [0, 0.1) is 6.92 Å². The highest BCUT2D eigenvalue weighted by atomic mass is 32.1. The third-order valence-corrected chi connectivity index (χ3v) is 4.84. The fourth-order valence-corrected chi connectivity index (χ4v) is 3.77. The summed E-state index contributed by atoms with van der Waals surface area (Å²) in [7, 11) is 0. The van der Waals surface area contributed by atoms with Crippen molar-refractivity contribution in [3.05, 3.63) is 87.4 Å². The lowest BCUT2D eigenvalue weighted by molar-refractivity contribution is 1.07. The van der Waals surface area contributed by atoms with Gasteiger partial charge in [0.25, 0.3) is 5.56 Å². The molecule has 0 unspecified atom stereocenters. The largest absolute Gasteiger partial charge is 0.269 e. The van der Waals surface area contributed by atoms with E-state index in [1.807, 2.05) is 61.5 Å². The van der Waals surface area contributed by atoms with E-state index in [4.69, 9.17) is 0 Å². The van der Waals surface area contributed by atoms with E-state index in [2.05, 4.69) is 9.97 Å². The average Bonchev–Trinajstić information content (AvgIpc) is 2.98. The van der Waals surface area contributed by atoms with Crippen LogP contribution >= 0.6 is 11.3 Å². The number of aryl methyl sites for hydroxylation is 1. The Morgan fingerprint density at radius 3 is 2.68 bits per heavy atom. The fraction of sp³-hybridized carbons (Fsp3) is 0.0500. The molecule has 0 atom stereocenters. The number of fused-ring (bicyclic) bond motifs is 1. The molecule has 0 radical (unpaired) electrons. The molecule has 4 rings (SSSR count). The van der Waals surface area contributed by atoms with Gasteiger partial charge < -0.3 is 0 Å². The summed E-state index contributed by atoms with van der Waals surface area (Å²) in [6.07, 6.45) is 7.25. The van der Waals surface area contributed by atoms with Crippen molar-refractivity contribution in [2.45, 2.75) is 6.92 Å². The lowest BCUT2D eigenvalue weighted by Crippen LogP contribution is -2.14. The molecule has 0 bridgehead atoms. The minimum Gasteiger partial charge on any atom is -0.269 e. The SMILES string of the molecule is Cc1sc2nc(C=Cc3cccnc3)cc(=O)n2c1-c1ccccc1. The molecule has 4 aromatic rings. The summed E-state index contributed by atoms with van der Waals surface area (Å²) in [5.41, 5.74) is 3.49. The number of hydrogen-bond acceptors (Lipinski definition) is 4. The van der Waals surface area contributed by atoms with Crippen LogP contribution in [0.4, 0.5) is 0 Å². The highest BCUT2D eigenvalue weighted by molar-refractivity contribution is 7.17. The quantitative estimate of drug-likeness (QED) is 0.556. The average molecular weight is 345 g/mol. The summed E-state index contributed by atoms with van der Waals surface area (Å²) >= 11 is 1.53. The second kappa shape index (κ2) is 6.45. The predicted octanol–water partition coefficient (Wildman–Crippen LogP) is 4.30. The molecular formula is C20H15N3OS. The van der Waals surface area contributed by atoms with Gasteiger partial charge in [-0.25, -0.2) is 4.98 Å². The van der Waals surface area contributed by atoms with Crippen molar-refractivity contribution in [2.24, 2.45) is 0 Å². The number of nitrogens with zero attached hydrogens (tertiary/aromatic N) is 3. The number of hydrogen-bond donors (Lipinski definition) is 0. The molecule has 0 aliphatic heterocycles. The fourth-order valence-electron chi connectivity index (χ4n) is 2.76. The van der Waals surface area contributed by atoms with E-state index in [0.29, 0.717) is 10.7 Å². The van der Waals surface area contributed by atoms with Crippen LogP contribution in [0.1, 0.15) is 16.1 Å². The molecule has 0 aliphatic carbocycles. The van der Waals surface area contributed by atoms with E-state index in [0.717, 1.165) is 21.7 Å². The van der Waals surface area contributed by atoms with Gasteiger partial charge in [0.2, 0.25) is 0 Å². The van der Waals surface area contributed by atoms with E-state index in [-0.39, 0.29) is 5.56 Å². The van der Waals surface area contributed by atoms with E-state index in [1.54, 1.807) is 22.9 Å². The number of benzene rings is 1. The molecule has 0 amide bonds. The summed E-state index contributed by atoms with van der Waals surface area (Å²) in [4.78, 5) is 23.2. The Bertz CT molecular complexity index is 1110. The molecule has 3 heterocycles. The van der Waals surface area contributed by atoms with Gasteiger partial charge in [-0.05, 0) is 30.2 Å². The second-order valence-electron chi connectivity index (χ2n) is 5.63. The first-order valence-corrected chi connectivity index (χ1v) is 8.71. The van der Waals surface area contributed by atoms with Gasteiger partial charge in [-0.2, -0.15) is 0 Å². The van der Waals surface area contributed by atoms with Crippen LogP contribution in [0.5, 0.6) is 0 Å². The zero-order valence-electron chi connectivity index (χ0n) is 13.6. The molecule has 25 heavy (non-hydrogen) atoms. The van der Waals surface area contributed by atoms with Gasteiger partial charge in [-0.3, -0.25) is 14.2 Å². The predicted molar refractivity (Wildman–Crippen MR) is 103 cm³/mol. The van der Waals surface area contributed by atoms with Crippen molar-refractivity contribution < 1.29 is 0 Å². The molecule has 0 spiro atoms. The number of pyridine rings is 1. The molecule has 1 aromatic carbocycles. The van der Waals surface area contributed by atoms with Crippen molar-refractivity contribution in [3.63, 3.8) is 0 Å².